The van der Waals surface area contributed by atoms with Gasteiger partial charge >= 0.3 is 6.09 Å². The van der Waals surface area contributed by atoms with Crippen molar-refractivity contribution in [1.29, 1.82) is 0 Å². The predicted octanol–water partition coefficient (Wildman–Crippen LogP) is 3.73. The molecule has 2 aromatic carbocycles. The van der Waals surface area contributed by atoms with E-state index < -0.39 is 6.09 Å². The number of ether oxygens (including phenoxy) is 1. The molecule has 24 heavy (non-hydrogen) atoms. The highest BCUT2D eigenvalue weighted by Crippen LogP contribution is 2.32. The Morgan fingerprint density at radius 3 is 2.79 bits per heavy atom. The molecule has 1 heterocycles. The van der Waals surface area contributed by atoms with Crippen LogP contribution in [0.25, 0.3) is 22.3 Å². The molecule has 0 aliphatic heterocycles. The minimum atomic E-state index is -0.660. The summed E-state index contributed by atoms with van der Waals surface area (Å²) in [4.78, 5) is 23.9. The summed E-state index contributed by atoms with van der Waals surface area (Å²) in [5.41, 5.74) is 0.993. The minimum Gasteiger partial charge on any atom is -0.508 e. The number of rotatable bonds is 3. The van der Waals surface area contributed by atoms with Crippen molar-refractivity contribution >= 4 is 22.7 Å². The second-order valence-corrected chi connectivity index (χ2v) is 5.05. The van der Waals surface area contributed by atoms with Crippen molar-refractivity contribution in [3.05, 3.63) is 58.8 Å². The van der Waals surface area contributed by atoms with E-state index in [1.807, 2.05) is 0 Å². The maximum absolute atomic E-state index is 12.3. The largest absolute Gasteiger partial charge is 0.508 e. The number of amides is 1. The van der Waals surface area contributed by atoms with E-state index in [1.54, 1.807) is 37.3 Å². The zero-order valence-corrected chi connectivity index (χ0v) is 12.9. The van der Waals surface area contributed by atoms with Crippen LogP contribution in [0.1, 0.15) is 6.92 Å². The molecule has 0 saturated heterocycles. The van der Waals surface area contributed by atoms with Crippen molar-refractivity contribution in [2.45, 2.75) is 6.92 Å². The van der Waals surface area contributed by atoms with Crippen LogP contribution >= 0.6 is 0 Å². The first kappa shape index (κ1) is 15.6. The lowest BCUT2D eigenvalue weighted by molar-refractivity contribution is 0.168. The Kier molecular flexibility index (Phi) is 4.20. The summed E-state index contributed by atoms with van der Waals surface area (Å²) < 4.78 is 10.6. The van der Waals surface area contributed by atoms with E-state index in [4.69, 9.17) is 9.15 Å². The number of carbonyl (C=O) groups is 1. The highest BCUT2D eigenvalue weighted by molar-refractivity contribution is 5.91. The molecule has 0 unspecified atom stereocenters. The van der Waals surface area contributed by atoms with Crippen molar-refractivity contribution in [2.75, 3.05) is 11.9 Å². The lowest BCUT2D eigenvalue weighted by atomic mass is 10.1. The molecule has 6 nitrogen and oxygen atoms in total. The first-order chi connectivity index (χ1) is 11.6. The lowest BCUT2D eigenvalue weighted by Gasteiger charge is -2.11. The Balaban J connectivity index is 2.12. The number of hydrogen-bond acceptors (Lipinski definition) is 5. The maximum atomic E-state index is 12.3. The molecule has 0 aliphatic rings. The molecule has 0 aliphatic carbocycles. The van der Waals surface area contributed by atoms with Gasteiger partial charge in [0.1, 0.15) is 17.1 Å². The molecule has 3 aromatic rings. The van der Waals surface area contributed by atoms with E-state index in [2.05, 4.69) is 5.32 Å². The Labute approximate surface area is 137 Å². The van der Waals surface area contributed by atoms with Crippen molar-refractivity contribution in [3.8, 4) is 17.1 Å². The predicted molar refractivity (Wildman–Crippen MR) is 90.2 cm³/mol. The van der Waals surface area contributed by atoms with Gasteiger partial charge in [-0.15, -0.1) is 0 Å². The fourth-order valence-corrected chi connectivity index (χ4v) is 2.36. The molecule has 1 aromatic heterocycles. The third-order valence-corrected chi connectivity index (χ3v) is 3.42. The lowest BCUT2D eigenvalue weighted by Crippen LogP contribution is -2.14. The first-order valence-corrected chi connectivity index (χ1v) is 7.38. The number of para-hydroxylation sites is 1. The number of fused-ring (bicyclic) bond motifs is 1. The van der Waals surface area contributed by atoms with E-state index in [-0.39, 0.29) is 29.2 Å². The van der Waals surface area contributed by atoms with E-state index in [1.165, 1.54) is 18.2 Å². The fraction of sp³-hybridized carbons (Fsp3) is 0.111. The highest BCUT2D eigenvalue weighted by atomic mass is 16.5. The van der Waals surface area contributed by atoms with Gasteiger partial charge in [0.15, 0.2) is 5.43 Å². The van der Waals surface area contributed by atoms with Crippen molar-refractivity contribution in [3.63, 3.8) is 0 Å². The van der Waals surface area contributed by atoms with Gasteiger partial charge < -0.3 is 14.3 Å². The number of benzene rings is 2. The van der Waals surface area contributed by atoms with E-state index in [9.17, 15) is 14.7 Å². The van der Waals surface area contributed by atoms with Gasteiger partial charge in [0.25, 0.3) is 0 Å². The summed E-state index contributed by atoms with van der Waals surface area (Å²) in [7, 11) is 0. The molecule has 0 fully saturated rings. The molecule has 122 valence electrons. The Morgan fingerprint density at radius 2 is 2.00 bits per heavy atom. The number of nitrogens with one attached hydrogen (secondary N) is 1. The zero-order chi connectivity index (χ0) is 17.1. The standard InChI is InChI=1S/C18H15NO5/c1-2-23-18(22)19-14-9-11(20)7-8-12(14)17-10-15(21)13-5-3-4-6-16(13)24-17/h3-10,20H,2H2,1H3,(H,19,22). The van der Waals surface area contributed by atoms with Crippen molar-refractivity contribution in [2.24, 2.45) is 0 Å². The van der Waals surface area contributed by atoms with Crippen LogP contribution in [0.3, 0.4) is 0 Å². The number of anilines is 1. The molecular formula is C18H15NO5. The van der Waals surface area contributed by atoms with Crippen LogP contribution in [0, 0.1) is 0 Å². The van der Waals surface area contributed by atoms with E-state index in [0.717, 1.165) is 0 Å². The van der Waals surface area contributed by atoms with Gasteiger partial charge in [0.2, 0.25) is 0 Å². The second kappa shape index (κ2) is 6.45. The SMILES string of the molecule is CCOC(=O)Nc1cc(O)ccc1-c1cc(=O)c2ccccc2o1. The summed E-state index contributed by atoms with van der Waals surface area (Å²) in [6.07, 6.45) is -0.660. The minimum absolute atomic E-state index is 0.0336. The van der Waals surface area contributed by atoms with Gasteiger partial charge in [-0.3, -0.25) is 10.1 Å². The molecule has 3 rings (SSSR count). The molecule has 0 saturated carbocycles. The molecule has 6 heteroatoms. The molecule has 0 atom stereocenters. The smallest absolute Gasteiger partial charge is 0.411 e. The summed E-state index contributed by atoms with van der Waals surface area (Å²) >= 11 is 0. The molecule has 0 bridgehead atoms. The molecule has 2 N–H and O–H groups in total. The molecule has 0 spiro atoms. The van der Waals surface area contributed by atoms with Gasteiger partial charge in [0, 0.05) is 17.7 Å². The topological polar surface area (TPSA) is 88.8 Å². The van der Waals surface area contributed by atoms with Crippen LogP contribution in [-0.2, 0) is 4.74 Å². The van der Waals surface area contributed by atoms with Gasteiger partial charge in [-0.2, -0.15) is 0 Å². The summed E-state index contributed by atoms with van der Waals surface area (Å²) in [5, 5.41) is 12.7. The van der Waals surface area contributed by atoms with Crippen LogP contribution < -0.4 is 10.7 Å². The Morgan fingerprint density at radius 1 is 1.21 bits per heavy atom. The summed E-state index contributed by atoms with van der Waals surface area (Å²) in [6, 6.07) is 12.6. The van der Waals surface area contributed by atoms with Gasteiger partial charge in [0.05, 0.1) is 17.7 Å². The van der Waals surface area contributed by atoms with Crippen LogP contribution in [0.2, 0.25) is 0 Å². The first-order valence-electron chi connectivity index (χ1n) is 7.38. The van der Waals surface area contributed by atoms with Crippen LogP contribution in [-0.4, -0.2) is 17.8 Å². The van der Waals surface area contributed by atoms with Crippen molar-refractivity contribution in [1.82, 2.24) is 0 Å². The van der Waals surface area contributed by atoms with Crippen LogP contribution in [0.5, 0.6) is 5.75 Å². The van der Waals surface area contributed by atoms with E-state index >= 15 is 0 Å². The van der Waals surface area contributed by atoms with Gasteiger partial charge in [-0.05, 0) is 31.2 Å². The average molecular weight is 325 g/mol. The third-order valence-electron chi connectivity index (χ3n) is 3.42. The van der Waals surface area contributed by atoms with Crippen molar-refractivity contribution < 1.29 is 19.1 Å². The maximum Gasteiger partial charge on any atom is 0.411 e. The quantitative estimate of drug-likeness (QED) is 0.766. The number of hydrogen-bond donors (Lipinski definition) is 2. The van der Waals surface area contributed by atoms with Gasteiger partial charge in [-0.25, -0.2) is 4.79 Å². The number of phenolic OH excluding ortho intramolecular Hbond substituents is 1. The number of carbonyl (C=O) groups excluding carboxylic acids is 1. The van der Waals surface area contributed by atoms with Gasteiger partial charge in [-0.1, -0.05) is 12.1 Å². The monoisotopic (exact) mass is 325 g/mol. The normalized spacial score (nSPS) is 10.5. The average Bonchev–Trinajstić information content (AvgIpc) is 2.55. The highest BCUT2D eigenvalue weighted by Gasteiger charge is 2.14. The summed E-state index contributed by atoms with van der Waals surface area (Å²) in [5.74, 6) is 0.249. The van der Waals surface area contributed by atoms with E-state index in [0.29, 0.717) is 16.5 Å². The van der Waals surface area contributed by atoms with Crippen LogP contribution in [0.4, 0.5) is 10.5 Å². The Bertz CT molecular complexity index is 961. The molecule has 0 radical (unpaired) electrons. The summed E-state index contributed by atoms with van der Waals surface area (Å²) in [6.45, 7) is 1.90. The molecule has 1 amide bonds. The fourth-order valence-electron chi connectivity index (χ4n) is 2.36. The number of aromatic hydroxyl groups is 1. The Hall–Kier alpha value is -3.28. The van der Waals surface area contributed by atoms with Crippen LogP contribution in [0.15, 0.2) is 57.7 Å². The second-order valence-electron chi connectivity index (χ2n) is 5.05. The number of phenols is 1. The third kappa shape index (κ3) is 3.08. The zero-order valence-electron chi connectivity index (χ0n) is 12.9. The molecular weight excluding hydrogens is 310 g/mol.